The van der Waals surface area contributed by atoms with Gasteiger partial charge in [0, 0.05) is 12.8 Å². The molecule has 0 aliphatic heterocycles. The van der Waals surface area contributed by atoms with E-state index in [1.807, 2.05) is 21.1 Å². The lowest BCUT2D eigenvalue weighted by Crippen LogP contribution is -2.37. The van der Waals surface area contributed by atoms with Gasteiger partial charge in [0.15, 0.2) is 6.10 Å². The van der Waals surface area contributed by atoms with Gasteiger partial charge >= 0.3 is 11.9 Å². The highest BCUT2D eigenvalue weighted by Gasteiger charge is 2.22. The fourth-order valence-electron chi connectivity index (χ4n) is 8.19. The largest absolute Gasteiger partial charge is 0.756 e. The van der Waals surface area contributed by atoms with Gasteiger partial charge in [-0.25, -0.2) is 0 Å². The molecule has 0 bridgehead atoms. The van der Waals surface area contributed by atoms with Gasteiger partial charge in [-0.2, -0.15) is 0 Å². The van der Waals surface area contributed by atoms with Crippen molar-refractivity contribution in [3.05, 3.63) is 207 Å². The lowest BCUT2D eigenvalue weighted by molar-refractivity contribution is -0.870. The number of phosphoric acid groups is 1. The summed E-state index contributed by atoms with van der Waals surface area (Å²) in [6.07, 6.45) is 105. The first kappa shape index (κ1) is 82.6. The topological polar surface area (TPSA) is 111 Å². The van der Waals surface area contributed by atoms with Crippen molar-refractivity contribution in [3.63, 3.8) is 0 Å². The number of esters is 2. The Morgan fingerprint density at radius 2 is 0.614 bits per heavy atom. The fourth-order valence-corrected chi connectivity index (χ4v) is 8.92. The molecule has 0 N–H and O–H groups in total. The van der Waals surface area contributed by atoms with Crippen molar-refractivity contribution in [2.24, 2.45) is 0 Å². The third-order valence-electron chi connectivity index (χ3n) is 13.3. The van der Waals surface area contributed by atoms with E-state index < -0.39 is 32.5 Å². The molecule has 0 aromatic carbocycles. The molecule has 2 unspecified atom stereocenters. The number of carbonyl (C=O) groups is 2. The van der Waals surface area contributed by atoms with E-state index in [4.69, 9.17) is 18.5 Å². The van der Waals surface area contributed by atoms with Crippen LogP contribution in [0.1, 0.15) is 219 Å². The second-order valence-corrected chi connectivity index (χ2v) is 24.1. The number of quaternary nitrogens is 1. The van der Waals surface area contributed by atoms with Crippen molar-refractivity contribution in [1.82, 2.24) is 0 Å². The molecule has 0 aliphatic rings. The maximum Gasteiger partial charge on any atom is 0.306 e. The van der Waals surface area contributed by atoms with Gasteiger partial charge in [-0.3, -0.25) is 14.2 Å². The number of rotatable bonds is 59. The zero-order valence-corrected chi connectivity index (χ0v) is 56.7. The molecule has 0 radical (unpaired) electrons. The van der Waals surface area contributed by atoms with Crippen LogP contribution < -0.4 is 4.89 Å². The van der Waals surface area contributed by atoms with E-state index in [2.05, 4.69) is 220 Å². The molecule has 0 heterocycles. The van der Waals surface area contributed by atoms with Crippen LogP contribution in [-0.2, 0) is 32.7 Å². The lowest BCUT2D eigenvalue weighted by Gasteiger charge is -2.28. The highest BCUT2D eigenvalue weighted by atomic mass is 31.2. The Kier molecular flexibility index (Phi) is 62.0. The van der Waals surface area contributed by atoms with Crippen molar-refractivity contribution in [2.75, 3.05) is 47.5 Å². The normalized spacial score (nSPS) is 14.5. The number of unbranched alkanes of at least 4 members (excludes halogenated alkanes) is 11. The van der Waals surface area contributed by atoms with Gasteiger partial charge < -0.3 is 27.9 Å². The van der Waals surface area contributed by atoms with Crippen LogP contribution in [0, 0.1) is 0 Å². The van der Waals surface area contributed by atoms with Crippen LogP contribution in [-0.4, -0.2) is 70.0 Å². The van der Waals surface area contributed by atoms with Gasteiger partial charge in [0.2, 0.25) is 0 Å². The van der Waals surface area contributed by atoms with Crippen LogP contribution in [0.4, 0.5) is 0 Å². The molecule has 0 saturated heterocycles. The van der Waals surface area contributed by atoms with Gasteiger partial charge in [0.05, 0.1) is 27.7 Å². The molecule has 0 saturated carbocycles. The minimum atomic E-state index is -4.67. The zero-order valence-electron chi connectivity index (χ0n) is 55.8. The Morgan fingerprint density at radius 3 is 0.909 bits per heavy atom. The van der Waals surface area contributed by atoms with Crippen LogP contribution in [0.25, 0.3) is 0 Å². The van der Waals surface area contributed by atoms with Crippen molar-refractivity contribution < 1.29 is 42.1 Å². The molecule has 88 heavy (non-hydrogen) atoms. The maximum absolute atomic E-state index is 12.8. The Labute approximate surface area is 538 Å². The molecule has 2 atom stereocenters. The summed E-state index contributed by atoms with van der Waals surface area (Å²) in [5.74, 6) is -0.893. The Bertz CT molecular complexity index is 2240. The quantitative estimate of drug-likeness (QED) is 0.0195. The van der Waals surface area contributed by atoms with Gasteiger partial charge in [0.1, 0.15) is 19.8 Å². The number of allylic oxidation sites excluding steroid dienone is 34. The first-order chi connectivity index (χ1) is 43.0. The van der Waals surface area contributed by atoms with Gasteiger partial charge in [0.25, 0.3) is 7.82 Å². The highest BCUT2D eigenvalue weighted by molar-refractivity contribution is 7.45. The second kappa shape index (κ2) is 66.0. The van der Waals surface area contributed by atoms with Crippen LogP contribution in [0.5, 0.6) is 0 Å². The summed E-state index contributed by atoms with van der Waals surface area (Å²) in [5.41, 5.74) is 0. The Morgan fingerprint density at radius 1 is 0.352 bits per heavy atom. The molecular formula is C78H122NO8P. The summed E-state index contributed by atoms with van der Waals surface area (Å²) >= 11 is 0. The molecule has 0 fully saturated rings. The summed E-state index contributed by atoms with van der Waals surface area (Å²) in [5, 5.41) is 0. The minimum absolute atomic E-state index is 0.0502. The SMILES string of the molecule is CC/C=C\C/C=C\C/C=C\C/C=C\C/C=C\C/C=C\C/C=C\C/C=C\C/C=C\C/C=C\C/C=C\C/C=C\CCCCCCC(=O)OC(COC(=O)CCCCCCCCC/C=C\C/C=C\C/C=C\C/C=C\C/C=C\CC)COP(=O)([O-])OCC[N+](C)(C)C. The molecule has 0 amide bonds. The van der Waals surface area contributed by atoms with Crippen LogP contribution in [0.15, 0.2) is 207 Å². The van der Waals surface area contributed by atoms with Crippen LogP contribution in [0.3, 0.4) is 0 Å². The molecule has 0 aromatic rings. The third-order valence-corrected chi connectivity index (χ3v) is 14.3. The molecule has 0 aliphatic carbocycles. The predicted molar refractivity (Wildman–Crippen MR) is 378 cm³/mol. The molecule has 0 aromatic heterocycles. The van der Waals surface area contributed by atoms with Gasteiger partial charge in [-0.1, -0.05) is 265 Å². The predicted octanol–water partition coefficient (Wildman–Crippen LogP) is 21.6. The summed E-state index contributed by atoms with van der Waals surface area (Å²) in [4.78, 5) is 38.0. The smallest absolute Gasteiger partial charge is 0.306 e. The summed E-state index contributed by atoms with van der Waals surface area (Å²) < 4.78 is 34.2. The van der Waals surface area contributed by atoms with E-state index in [1.54, 1.807) is 0 Å². The summed E-state index contributed by atoms with van der Waals surface area (Å²) in [6, 6.07) is 0. The van der Waals surface area contributed by atoms with Crippen molar-refractivity contribution in [3.8, 4) is 0 Å². The van der Waals surface area contributed by atoms with Crippen molar-refractivity contribution in [1.29, 1.82) is 0 Å². The van der Waals surface area contributed by atoms with Crippen LogP contribution >= 0.6 is 7.82 Å². The molecule has 9 nitrogen and oxygen atoms in total. The number of hydrogen-bond donors (Lipinski definition) is 0. The first-order valence-electron chi connectivity index (χ1n) is 33.8. The molecule has 492 valence electrons. The van der Waals surface area contributed by atoms with E-state index in [0.29, 0.717) is 23.9 Å². The molecule has 0 rings (SSSR count). The standard InChI is InChI=1S/C78H122NO8P/c1-6-8-10-12-14-16-18-20-22-24-26-28-30-31-32-33-34-35-36-37-38-39-40-41-42-43-44-45-46-47-49-51-53-55-57-59-61-63-65-67-69-71-78(81)87-76(75-86-88(82,83)85-73-72-79(3,4)5)74-84-77(80)70-68-66-64-62-60-58-56-54-52-50-48-29-27-25-23-21-19-17-15-13-11-9-7-2/h8-11,14-17,20-23,26-29,31-32,34-35,37-38,40-41,43-44,46-47,50-53,57,59,76H,6-7,12-13,18-19,24-25,30,33,36,39,42,45,48-49,54-56,58,60-75H2,1-5H3/b10-8-,11-9-,16-14-,17-15-,22-20-,23-21-,28-26-,29-27-,32-31-,35-34-,38-37-,41-40-,44-43-,47-46-,52-50-,53-51-,59-57-. The zero-order chi connectivity index (χ0) is 64.1. The van der Waals surface area contributed by atoms with Crippen LogP contribution in [0.2, 0.25) is 0 Å². The second-order valence-electron chi connectivity index (χ2n) is 22.7. The number of likely N-dealkylation sites (N-methyl/N-ethyl adjacent to an activating group) is 1. The van der Waals surface area contributed by atoms with E-state index in [0.717, 1.165) is 161 Å². The monoisotopic (exact) mass is 1230 g/mol. The molecular weight excluding hydrogens is 1110 g/mol. The number of carbonyl (C=O) groups excluding carboxylic acids is 2. The molecule has 10 heteroatoms. The van der Waals surface area contributed by atoms with Crippen molar-refractivity contribution in [2.45, 2.75) is 225 Å². The van der Waals surface area contributed by atoms with E-state index in [9.17, 15) is 19.0 Å². The number of hydrogen-bond acceptors (Lipinski definition) is 8. The fraction of sp³-hybridized carbons (Fsp3) is 0.538. The summed E-state index contributed by atoms with van der Waals surface area (Å²) in [6.45, 7) is 3.93. The average Bonchev–Trinajstić information content (AvgIpc) is 3.58. The first-order valence-corrected chi connectivity index (χ1v) is 35.3. The summed E-state index contributed by atoms with van der Waals surface area (Å²) in [7, 11) is 1.11. The number of phosphoric ester groups is 1. The average molecular weight is 1230 g/mol. The van der Waals surface area contributed by atoms with E-state index >= 15 is 0 Å². The van der Waals surface area contributed by atoms with Gasteiger partial charge in [-0.15, -0.1) is 0 Å². The van der Waals surface area contributed by atoms with Gasteiger partial charge in [-0.05, 0) is 148 Å². The van der Waals surface area contributed by atoms with Crippen molar-refractivity contribution >= 4 is 19.8 Å². The number of ether oxygens (including phenoxy) is 2. The lowest BCUT2D eigenvalue weighted by atomic mass is 10.1. The third kappa shape index (κ3) is 69.7. The Balaban J connectivity index is 4.23. The Hall–Kier alpha value is -5.41. The molecule has 0 spiro atoms. The maximum atomic E-state index is 12.8. The van der Waals surface area contributed by atoms with E-state index in [1.165, 1.54) is 19.3 Å². The van der Waals surface area contributed by atoms with E-state index in [-0.39, 0.29) is 26.1 Å². The minimum Gasteiger partial charge on any atom is -0.756 e. The number of nitrogens with zero attached hydrogens (tertiary/aromatic N) is 1. The highest BCUT2D eigenvalue weighted by Crippen LogP contribution is 2.38.